The number of aryl methyl sites for hydroxylation is 2. The minimum absolute atomic E-state index is 0.234. The summed E-state index contributed by atoms with van der Waals surface area (Å²) in [6, 6.07) is 1.84. The largest absolute Gasteiger partial charge is 0.381 e. The lowest BCUT2D eigenvalue weighted by Crippen LogP contribution is -2.60. The highest BCUT2D eigenvalue weighted by Crippen LogP contribution is 2.24. The van der Waals surface area contributed by atoms with Crippen LogP contribution in [0.5, 0.6) is 0 Å². The van der Waals surface area contributed by atoms with Crippen molar-refractivity contribution in [2.75, 3.05) is 13.2 Å². The second-order valence-electron chi connectivity index (χ2n) is 4.86. The van der Waals surface area contributed by atoms with Crippen molar-refractivity contribution in [3.8, 4) is 0 Å². The number of amides is 2. The van der Waals surface area contributed by atoms with E-state index in [1.165, 1.54) is 11.3 Å². The van der Waals surface area contributed by atoms with Crippen LogP contribution in [0.4, 0.5) is 0 Å². The molecule has 1 saturated heterocycles. The molecular formula is C13H18N2O3S. The standard InChI is InChI=1S/C13H18N2O3S/c1-8-7-10(19-9(8)2)11(16)15-13(12(14)17)3-5-18-6-4-13/h7H,3-6H2,1-2H3,(H2,14,17)(H,15,16). The Morgan fingerprint density at radius 3 is 2.47 bits per heavy atom. The summed E-state index contributed by atoms with van der Waals surface area (Å²) >= 11 is 1.43. The number of ether oxygens (including phenoxy) is 1. The summed E-state index contributed by atoms with van der Waals surface area (Å²) in [4.78, 5) is 25.6. The minimum Gasteiger partial charge on any atom is -0.381 e. The van der Waals surface area contributed by atoms with Gasteiger partial charge in [0.2, 0.25) is 5.91 Å². The van der Waals surface area contributed by atoms with Crippen LogP contribution in [0, 0.1) is 13.8 Å². The number of carbonyl (C=O) groups excluding carboxylic acids is 2. The van der Waals surface area contributed by atoms with Crippen molar-refractivity contribution in [3.05, 3.63) is 21.4 Å². The molecule has 1 aliphatic heterocycles. The number of nitrogens with two attached hydrogens (primary N) is 1. The molecule has 0 bridgehead atoms. The fraction of sp³-hybridized carbons (Fsp3) is 0.538. The van der Waals surface area contributed by atoms with E-state index in [1.54, 1.807) is 0 Å². The van der Waals surface area contributed by atoms with Gasteiger partial charge < -0.3 is 15.8 Å². The third kappa shape index (κ3) is 2.79. The maximum atomic E-state index is 12.2. The zero-order chi connectivity index (χ0) is 14.0. The third-order valence-corrected chi connectivity index (χ3v) is 4.71. The number of hydrogen-bond acceptors (Lipinski definition) is 4. The predicted molar refractivity (Wildman–Crippen MR) is 73.2 cm³/mol. The van der Waals surface area contributed by atoms with Gasteiger partial charge in [0.25, 0.3) is 5.91 Å². The quantitative estimate of drug-likeness (QED) is 0.872. The molecule has 0 aliphatic carbocycles. The van der Waals surface area contributed by atoms with E-state index in [1.807, 2.05) is 19.9 Å². The third-order valence-electron chi connectivity index (χ3n) is 3.56. The molecule has 0 saturated carbocycles. The van der Waals surface area contributed by atoms with Gasteiger partial charge in [-0.25, -0.2) is 0 Å². The first-order chi connectivity index (χ1) is 8.94. The average molecular weight is 282 g/mol. The molecule has 5 nitrogen and oxygen atoms in total. The first-order valence-corrected chi connectivity index (χ1v) is 7.03. The normalized spacial score (nSPS) is 18.0. The van der Waals surface area contributed by atoms with Gasteiger partial charge in [-0.1, -0.05) is 0 Å². The van der Waals surface area contributed by atoms with Gasteiger partial charge in [-0.15, -0.1) is 11.3 Å². The summed E-state index contributed by atoms with van der Waals surface area (Å²) < 4.78 is 5.23. The molecule has 2 rings (SSSR count). The lowest BCUT2D eigenvalue weighted by molar-refractivity contribution is -0.127. The zero-order valence-electron chi connectivity index (χ0n) is 11.1. The van der Waals surface area contributed by atoms with Crippen LogP contribution in [0.1, 0.15) is 33.0 Å². The number of nitrogens with one attached hydrogen (secondary N) is 1. The van der Waals surface area contributed by atoms with Crippen molar-refractivity contribution < 1.29 is 14.3 Å². The molecule has 0 radical (unpaired) electrons. The van der Waals surface area contributed by atoms with E-state index in [-0.39, 0.29) is 5.91 Å². The van der Waals surface area contributed by atoms with Crippen LogP contribution < -0.4 is 11.1 Å². The van der Waals surface area contributed by atoms with E-state index < -0.39 is 11.4 Å². The molecule has 1 aromatic heterocycles. The number of hydrogen-bond donors (Lipinski definition) is 2. The average Bonchev–Trinajstić information content (AvgIpc) is 2.71. The first kappa shape index (κ1) is 14.0. The van der Waals surface area contributed by atoms with E-state index in [4.69, 9.17) is 10.5 Å². The summed E-state index contributed by atoms with van der Waals surface area (Å²) in [6.07, 6.45) is 0.856. The fourth-order valence-corrected chi connectivity index (χ4v) is 3.05. The van der Waals surface area contributed by atoms with E-state index in [0.717, 1.165) is 10.4 Å². The van der Waals surface area contributed by atoms with Crippen molar-refractivity contribution in [2.45, 2.75) is 32.2 Å². The zero-order valence-corrected chi connectivity index (χ0v) is 11.9. The van der Waals surface area contributed by atoms with Crippen LogP contribution in [-0.2, 0) is 9.53 Å². The van der Waals surface area contributed by atoms with E-state index in [0.29, 0.717) is 30.9 Å². The first-order valence-electron chi connectivity index (χ1n) is 6.22. The lowest BCUT2D eigenvalue weighted by atomic mass is 9.89. The van der Waals surface area contributed by atoms with Crippen molar-refractivity contribution in [1.29, 1.82) is 0 Å². The Morgan fingerprint density at radius 1 is 1.37 bits per heavy atom. The van der Waals surface area contributed by atoms with Crippen LogP contribution in [0.15, 0.2) is 6.07 Å². The summed E-state index contributed by atoms with van der Waals surface area (Å²) in [5.74, 6) is -0.726. The molecule has 0 unspecified atom stereocenters. The Morgan fingerprint density at radius 2 is 2.00 bits per heavy atom. The summed E-state index contributed by atoms with van der Waals surface area (Å²) in [5.41, 5.74) is 5.57. The van der Waals surface area contributed by atoms with Gasteiger partial charge in [0.05, 0.1) is 4.88 Å². The fourth-order valence-electron chi connectivity index (χ4n) is 2.12. The topological polar surface area (TPSA) is 81.4 Å². The maximum absolute atomic E-state index is 12.2. The second kappa shape index (κ2) is 5.30. The number of primary amides is 1. The molecule has 104 valence electrons. The van der Waals surface area contributed by atoms with Gasteiger partial charge in [-0.2, -0.15) is 0 Å². The highest BCUT2D eigenvalue weighted by molar-refractivity contribution is 7.14. The highest BCUT2D eigenvalue weighted by atomic mass is 32.1. The van der Waals surface area contributed by atoms with Gasteiger partial charge in [0.1, 0.15) is 5.54 Å². The highest BCUT2D eigenvalue weighted by Gasteiger charge is 2.40. The second-order valence-corrected chi connectivity index (χ2v) is 6.12. The number of rotatable bonds is 3. The Kier molecular flexibility index (Phi) is 3.91. The van der Waals surface area contributed by atoms with E-state index in [2.05, 4.69) is 5.32 Å². The molecule has 2 amide bonds. The van der Waals surface area contributed by atoms with Crippen molar-refractivity contribution in [1.82, 2.24) is 5.32 Å². The van der Waals surface area contributed by atoms with Gasteiger partial charge in [0.15, 0.2) is 0 Å². The Bertz CT molecular complexity index is 484. The van der Waals surface area contributed by atoms with Crippen molar-refractivity contribution >= 4 is 23.2 Å². The molecule has 1 aromatic rings. The summed E-state index contributed by atoms with van der Waals surface area (Å²) in [5, 5.41) is 2.81. The molecular weight excluding hydrogens is 264 g/mol. The Balaban J connectivity index is 2.17. The molecule has 19 heavy (non-hydrogen) atoms. The van der Waals surface area contributed by atoms with E-state index in [9.17, 15) is 9.59 Å². The van der Waals surface area contributed by atoms with E-state index >= 15 is 0 Å². The monoisotopic (exact) mass is 282 g/mol. The molecule has 3 N–H and O–H groups in total. The van der Waals surface area contributed by atoms with Crippen molar-refractivity contribution in [2.24, 2.45) is 5.73 Å². The lowest BCUT2D eigenvalue weighted by Gasteiger charge is -2.34. The predicted octanol–water partition coefficient (Wildman–Crippen LogP) is 1.13. The molecule has 0 atom stereocenters. The molecule has 1 aliphatic rings. The molecule has 0 spiro atoms. The van der Waals surface area contributed by atoms with Crippen LogP contribution in [0.25, 0.3) is 0 Å². The molecule has 0 aromatic carbocycles. The Labute approximate surface area is 116 Å². The number of thiophene rings is 1. The van der Waals surface area contributed by atoms with Gasteiger partial charge in [-0.3, -0.25) is 9.59 Å². The number of carbonyl (C=O) groups is 2. The van der Waals surface area contributed by atoms with Crippen LogP contribution in [0.2, 0.25) is 0 Å². The van der Waals surface area contributed by atoms with Gasteiger partial charge in [-0.05, 0) is 25.5 Å². The summed E-state index contributed by atoms with van der Waals surface area (Å²) in [7, 11) is 0. The molecule has 1 fully saturated rings. The van der Waals surface area contributed by atoms with Crippen LogP contribution >= 0.6 is 11.3 Å². The van der Waals surface area contributed by atoms with Gasteiger partial charge >= 0.3 is 0 Å². The Hall–Kier alpha value is -1.40. The van der Waals surface area contributed by atoms with Crippen molar-refractivity contribution in [3.63, 3.8) is 0 Å². The minimum atomic E-state index is -0.971. The maximum Gasteiger partial charge on any atom is 0.262 e. The van der Waals surface area contributed by atoms with Crippen LogP contribution in [-0.4, -0.2) is 30.6 Å². The molecule has 6 heteroatoms. The van der Waals surface area contributed by atoms with Gasteiger partial charge in [0, 0.05) is 30.9 Å². The molecule has 2 heterocycles. The SMILES string of the molecule is Cc1cc(C(=O)NC2(C(N)=O)CCOCC2)sc1C. The summed E-state index contributed by atoms with van der Waals surface area (Å²) in [6.45, 7) is 4.80. The smallest absolute Gasteiger partial charge is 0.262 e. The van der Waals surface area contributed by atoms with Crippen LogP contribution in [0.3, 0.4) is 0 Å².